The van der Waals surface area contributed by atoms with Crippen molar-refractivity contribution in [3.8, 4) is 0 Å². The van der Waals surface area contributed by atoms with Gasteiger partial charge in [0, 0.05) is 29.9 Å². The molecule has 0 bridgehead atoms. The average molecular weight is 378 g/mol. The predicted octanol–water partition coefficient (Wildman–Crippen LogP) is 3.14. The average Bonchev–Trinajstić information content (AvgIpc) is 2.70. The summed E-state index contributed by atoms with van der Waals surface area (Å²) in [5, 5.41) is 9.08. The van der Waals surface area contributed by atoms with Gasteiger partial charge >= 0.3 is 5.97 Å². The molecule has 144 valence electrons. The lowest BCUT2D eigenvalue weighted by molar-refractivity contribution is -0.141. The number of hydrogen-bond acceptors (Lipinski definition) is 4. The van der Waals surface area contributed by atoms with E-state index in [0.29, 0.717) is 16.7 Å². The lowest BCUT2D eigenvalue weighted by Gasteiger charge is -2.27. The molecule has 0 saturated heterocycles. The fourth-order valence-electron chi connectivity index (χ4n) is 3.36. The molecule has 0 atom stereocenters. The molecule has 0 aliphatic carbocycles. The Morgan fingerprint density at radius 2 is 1.57 bits per heavy atom. The molecular formula is C22H22N2O4. The summed E-state index contributed by atoms with van der Waals surface area (Å²) in [4.78, 5) is 39.5. The molecule has 1 aliphatic heterocycles. The van der Waals surface area contributed by atoms with Crippen molar-refractivity contribution in [1.82, 2.24) is 4.90 Å². The molecule has 0 radical (unpaired) electrons. The minimum atomic E-state index is -1.23. The van der Waals surface area contributed by atoms with E-state index in [2.05, 4.69) is 18.7 Å². The number of rotatable bonds is 6. The van der Waals surface area contributed by atoms with Gasteiger partial charge in [-0.25, -0.2) is 0 Å². The second-order valence-corrected chi connectivity index (χ2v) is 6.46. The number of fused-ring (bicyclic) bond motifs is 1. The van der Waals surface area contributed by atoms with Crippen molar-refractivity contribution in [2.24, 2.45) is 0 Å². The van der Waals surface area contributed by atoms with Crippen molar-refractivity contribution in [3.63, 3.8) is 0 Å². The van der Waals surface area contributed by atoms with Crippen LogP contribution in [0.2, 0.25) is 0 Å². The lowest BCUT2D eigenvalue weighted by Crippen LogP contribution is -2.44. The third-order valence-corrected chi connectivity index (χ3v) is 4.79. The first-order valence-electron chi connectivity index (χ1n) is 9.20. The molecular weight excluding hydrogens is 356 g/mol. The summed E-state index contributed by atoms with van der Waals surface area (Å²) in [5.74, 6) is -2.42. The molecule has 6 heteroatoms. The SMILES string of the molecule is CCN(CC)c1ccc(/C=C2\C(=O)N(CC(=O)O)C(=O)c3ccccc32)cc1. The fourth-order valence-corrected chi connectivity index (χ4v) is 3.36. The first kappa shape index (κ1) is 19.4. The third kappa shape index (κ3) is 3.67. The number of carbonyl (C=O) groups is 3. The van der Waals surface area contributed by atoms with Gasteiger partial charge in [0.05, 0.1) is 0 Å². The Balaban J connectivity index is 2.03. The van der Waals surface area contributed by atoms with Crippen LogP contribution in [-0.2, 0) is 9.59 Å². The first-order chi connectivity index (χ1) is 13.5. The monoisotopic (exact) mass is 378 g/mol. The largest absolute Gasteiger partial charge is 0.480 e. The van der Waals surface area contributed by atoms with Crippen molar-refractivity contribution in [2.45, 2.75) is 13.8 Å². The van der Waals surface area contributed by atoms with E-state index in [4.69, 9.17) is 5.11 Å². The van der Waals surface area contributed by atoms with Crippen LogP contribution in [0, 0.1) is 0 Å². The molecule has 0 fully saturated rings. The number of imide groups is 1. The maximum atomic E-state index is 12.9. The van der Waals surface area contributed by atoms with E-state index >= 15 is 0 Å². The number of hydrogen-bond donors (Lipinski definition) is 1. The Hall–Kier alpha value is -3.41. The number of benzene rings is 2. The fraction of sp³-hybridized carbons (Fsp3) is 0.227. The van der Waals surface area contributed by atoms with Crippen LogP contribution in [0.5, 0.6) is 0 Å². The summed E-state index contributed by atoms with van der Waals surface area (Å²) in [7, 11) is 0. The van der Waals surface area contributed by atoms with E-state index in [9.17, 15) is 14.4 Å². The van der Waals surface area contributed by atoms with Crippen molar-refractivity contribution < 1.29 is 19.5 Å². The Morgan fingerprint density at radius 3 is 2.14 bits per heavy atom. The van der Waals surface area contributed by atoms with Gasteiger partial charge in [-0.2, -0.15) is 0 Å². The number of carbonyl (C=O) groups excluding carboxylic acids is 2. The van der Waals surface area contributed by atoms with Gasteiger partial charge in [-0.1, -0.05) is 30.3 Å². The van der Waals surface area contributed by atoms with Crippen LogP contribution in [0.1, 0.15) is 35.3 Å². The normalized spacial score (nSPS) is 14.9. The molecule has 2 aromatic rings. The molecule has 1 heterocycles. The molecule has 6 nitrogen and oxygen atoms in total. The Labute approximate surface area is 163 Å². The molecule has 2 aromatic carbocycles. The van der Waals surface area contributed by atoms with Crippen molar-refractivity contribution in [3.05, 3.63) is 65.2 Å². The smallest absolute Gasteiger partial charge is 0.323 e. The standard InChI is InChI=1S/C22H22N2O4/c1-3-23(4-2)16-11-9-15(10-12-16)13-19-17-7-5-6-8-18(17)21(27)24(22(19)28)14-20(25)26/h5-13H,3-4,14H2,1-2H3,(H,25,26)/b19-13-. The van der Waals surface area contributed by atoms with Crippen LogP contribution < -0.4 is 4.90 Å². The molecule has 0 saturated carbocycles. The van der Waals surface area contributed by atoms with Crippen LogP contribution in [-0.4, -0.2) is 47.4 Å². The molecule has 0 spiro atoms. The van der Waals surface area contributed by atoms with Crippen LogP contribution >= 0.6 is 0 Å². The minimum Gasteiger partial charge on any atom is -0.480 e. The van der Waals surface area contributed by atoms with E-state index in [1.54, 1.807) is 30.3 Å². The molecule has 1 N–H and O–H groups in total. The number of nitrogens with zero attached hydrogens (tertiary/aromatic N) is 2. The summed E-state index contributed by atoms with van der Waals surface area (Å²) in [6.07, 6.45) is 1.70. The van der Waals surface area contributed by atoms with Gasteiger partial charge in [-0.3, -0.25) is 19.3 Å². The molecule has 3 rings (SSSR count). The number of aliphatic carboxylic acids is 1. The van der Waals surface area contributed by atoms with Gasteiger partial charge in [0.25, 0.3) is 11.8 Å². The van der Waals surface area contributed by atoms with E-state index in [0.717, 1.165) is 29.2 Å². The Morgan fingerprint density at radius 1 is 0.964 bits per heavy atom. The zero-order chi connectivity index (χ0) is 20.3. The minimum absolute atomic E-state index is 0.312. The van der Waals surface area contributed by atoms with Crippen LogP contribution in [0.15, 0.2) is 48.5 Å². The summed E-state index contributed by atoms with van der Waals surface area (Å²) in [6, 6.07) is 14.6. The zero-order valence-corrected chi connectivity index (χ0v) is 15.9. The van der Waals surface area contributed by atoms with Crippen molar-refractivity contribution in [2.75, 3.05) is 24.5 Å². The summed E-state index contributed by atoms with van der Waals surface area (Å²) < 4.78 is 0. The van der Waals surface area contributed by atoms with Crippen LogP contribution in [0.3, 0.4) is 0 Å². The second-order valence-electron chi connectivity index (χ2n) is 6.46. The van der Waals surface area contributed by atoms with Crippen molar-refractivity contribution >= 4 is 35.1 Å². The van der Waals surface area contributed by atoms with Gasteiger partial charge in [-0.15, -0.1) is 0 Å². The van der Waals surface area contributed by atoms with Crippen LogP contribution in [0.4, 0.5) is 5.69 Å². The highest BCUT2D eigenvalue weighted by atomic mass is 16.4. The maximum Gasteiger partial charge on any atom is 0.323 e. The van der Waals surface area contributed by atoms with E-state index in [1.807, 2.05) is 24.3 Å². The second kappa shape index (κ2) is 8.08. The lowest BCUT2D eigenvalue weighted by atomic mass is 9.92. The Kier molecular flexibility index (Phi) is 5.59. The van der Waals surface area contributed by atoms with Gasteiger partial charge in [0.2, 0.25) is 0 Å². The topological polar surface area (TPSA) is 77.9 Å². The highest BCUT2D eigenvalue weighted by Crippen LogP contribution is 2.30. The summed E-state index contributed by atoms with van der Waals surface area (Å²) in [5.41, 5.74) is 3.05. The highest BCUT2D eigenvalue weighted by Gasteiger charge is 2.35. The first-order valence-corrected chi connectivity index (χ1v) is 9.20. The molecule has 0 aromatic heterocycles. The maximum absolute atomic E-state index is 12.9. The van der Waals surface area contributed by atoms with Crippen molar-refractivity contribution in [1.29, 1.82) is 0 Å². The number of amides is 2. The summed E-state index contributed by atoms with van der Waals surface area (Å²) in [6.45, 7) is 5.31. The van der Waals surface area contributed by atoms with Gasteiger partial charge in [0.1, 0.15) is 6.54 Å². The Bertz CT molecular complexity index is 943. The number of anilines is 1. The van der Waals surface area contributed by atoms with E-state index in [-0.39, 0.29) is 0 Å². The third-order valence-electron chi connectivity index (χ3n) is 4.79. The molecule has 0 unspecified atom stereocenters. The van der Waals surface area contributed by atoms with E-state index < -0.39 is 24.3 Å². The number of carboxylic acid groups (broad SMARTS) is 1. The van der Waals surface area contributed by atoms with E-state index in [1.165, 1.54) is 0 Å². The van der Waals surface area contributed by atoms with Crippen LogP contribution in [0.25, 0.3) is 11.6 Å². The highest BCUT2D eigenvalue weighted by molar-refractivity contribution is 6.34. The van der Waals surface area contributed by atoms with Gasteiger partial charge in [-0.05, 0) is 49.2 Å². The number of carboxylic acids is 1. The predicted molar refractivity (Wildman–Crippen MR) is 108 cm³/mol. The summed E-state index contributed by atoms with van der Waals surface area (Å²) >= 11 is 0. The molecule has 1 aliphatic rings. The molecule has 2 amide bonds. The quantitative estimate of drug-likeness (QED) is 0.617. The molecule has 28 heavy (non-hydrogen) atoms. The van der Waals surface area contributed by atoms with Gasteiger partial charge < -0.3 is 10.0 Å². The zero-order valence-electron chi connectivity index (χ0n) is 15.9. The van der Waals surface area contributed by atoms with Gasteiger partial charge in [0.15, 0.2) is 0 Å².